The predicted octanol–water partition coefficient (Wildman–Crippen LogP) is 13.4. The highest BCUT2D eigenvalue weighted by molar-refractivity contribution is 6.91. The van der Waals surface area contributed by atoms with E-state index in [0.717, 1.165) is 68.4 Å². The smallest absolute Gasteiger partial charge is 0.437 e. The molecule has 0 aliphatic carbocycles. The van der Waals surface area contributed by atoms with Gasteiger partial charge in [-0.1, -0.05) is 51.4 Å². The quantitative estimate of drug-likeness (QED) is 0.0246. The van der Waals surface area contributed by atoms with E-state index < -0.39 is 85.4 Å². The van der Waals surface area contributed by atoms with Gasteiger partial charge in [-0.15, -0.1) is 0 Å². The van der Waals surface area contributed by atoms with Crippen LogP contribution in [0.15, 0.2) is 0 Å². The van der Waals surface area contributed by atoms with Crippen molar-refractivity contribution in [1.82, 2.24) is 0 Å². The van der Waals surface area contributed by atoms with Gasteiger partial charge in [0, 0.05) is 88.2 Å². The second-order valence-electron chi connectivity index (χ2n) is 22.9. The van der Waals surface area contributed by atoms with E-state index in [1.807, 2.05) is 6.92 Å². The Morgan fingerprint density at radius 1 is 0.236 bits per heavy atom. The van der Waals surface area contributed by atoms with Crippen LogP contribution in [0.5, 0.6) is 0 Å². The van der Waals surface area contributed by atoms with Gasteiger partial charge in [0.25, 0.3) is 0 Å². The Morgan fingerprint density at radius 3 is 0.750 bits per heavy atom. The van der Waals surface area contributed by atoms with Crippen molar-refractivity contribution in [3.8, 4) is 0 Å². The van der Waals surface area contributed by atoms with Gasteiger partial charge in [0.15, 0.2) is 41.6 Å². The van der Waals surface area contributed by atoms with Crippen LogP contribution < -0.4 is 0 Å². The van der Waals surface area contributed by atoms with E-state index in [4.69, 9.17) is 70.2 Å². The molecule has 0 fully saturated rings. The summed E-state index contributed by atoms with van der Waals surface area (Å²) in [5, 5.41) is 0. The van der Waals surface area contributed by atoms with Gasteiger partial charge in [-0.05, 0) is 148 Å². The maximum Gasteiger partial charge on any atom is 0.500 e. The topological polar surface area (TPSA) is 148 Å². The van der Waals surface area contributed by atoms with Crippen molar-refractivity contribution in [2.75, 3.05) is 77.2 Å². The Bertz CT molecular complexity index is 1260. The lowest BCUT2D eigenvalue weighted by Crippen LogP contribution is -2.62. The van der Waals surface area contributed by atoms with Gasteiger partial charge in [-0.2, -0.15) is 0 Å². The van der Waals surface area contributed by atoms with Crippen molar-refractivity contribution in [3.05, 3.63) is 0 Å². The van der Waals surface area contributed by atoms with Crippen LogP contribution in [0.25, 0.3) is 0 Å². The van der Waals surface area contributed by atoms with E-state index in [1.54, 1.807) is 64.0 Å². The van der Waals surface area contributed by atoms with Gasteiger partial charge >= 0.3 is 43.8 Å². The molecular formula is C46H114O16Si10. The molecule has 434 valence electrons. The molecule has 0 radical (unpaired) electrons. The molecule has 0 rings (SSSR count). The zero-order valence-electron chi connectivity index (χ0n) is 50.5. The SMILES string of the molecule is CCOOCCCCCCCCCCC[Si](C)(C)O[Si](C)(C)O[Si](C)(C)CCC[Si](O[Si](C)(C)CCC[Si](OC)(OC)OC)(O[Si](C)(C)CCC[Si](OC)(OC)OC)O[Si](C)(C)CCC[Si](OC)(OC)OC. The average molecular weight is 1200 g/mol. The lowest BCUT2D eigenvalue weighted by atomic mass is 10.1. The van der Waals surface area contributed by atoms with Gasteiger partial charge in [-0.3, -0.25) is 0 Å². The van der Waals surface area contributed by atoms with E-state index in [0.29, 0.717) is 31.3 Å². The molecule has 0 spiro atoms. The van der Waals surface area contributed by atoms with E-state index >= 15 is 0 Å². The molecule has 16 nitrogen and oxygen atoms in total. The summed E-state index contributed by atoms with van der Waals surface area (Å²) in [5.41, 5.74) is 0. The summed E-state index contributed by atoms with van der Waals surface area (Å²) in [6, 6.07) is 7.57. The molecule has 0 aromatic heterocycles. The lowest BCUT2D eigenvalue weighted by molar-refractivity contribution is -0.291. The zero-order valence-corrected chi connectivity index (χ0v) is 60.5. The van der Waals surface area contributed by atoms with E-state index in [1.165, 1.54) is 51.4 Å². The Morgan fingerprint density at radius 2 is 0.472 bits per heavy atom. The average Bonchev–Trinajstić information content (AvgIpc) is 3.28. The van der Waals surface area contributed by atoms with Gasteiger partial charge in [0.2, 0.25) is 0 Å². The van der Waals surface area contributed by atoms with Crippen LogP contribution in [-0.2, 0) is 70.2 Å². The first-order valence-electron chi connectivity index (χ1n) is 27.2. The Balaban J connectivity index is 6.52. The van der Waals surface area contributed by atoms with Gasteiger partial charge in [-0.25, -0.2) is 9.78 Å². The van der Waals surface area contributed by atoms with Gasteiger partial charge < -0.3 is 60.4 Å². The largest absolute Gasteiger partial charge is 0.500 e. The third-order valence-electron chi connectivity index (χ3n) is 13.4. The monoisotopic (exact) mass is 1200 g/mol. The Hall–Kier alpha value is 1.53. The summed E-state index contributed by atoms with van der Waals surface area (Å²) in [6.45, 7) is 31.2. The number of unbranched alkanes of at least 4 members (excludes halogenated alkanes) is 8. The van der Waals surface area contributed by atoms with Gasteiger partial charge in [0.1, 0.15) is 0 Å². The van der Waals surface area contributed by atoms with Crippen molar-refractivity contribution in [2.24, 2.45) is 0 Å². The highest BCUT2D eigenvalue weighted by atomic mass is 28.5. The molecule has 0 N–H and O–H groups in total. The predicted molar refractivity (Wildman–Crippen MR) is 317 cm³/mol. The minimum Gasteiger partial charge on any atom is -0.437 e. The third kappa shape index (κ3) is 31.4. The summed E-state index contributed by atoms with van der Waals surface area (Å²) in [7, 11) is -10.6. The molecule has 0 unspecified atom stereocenters. The maximum absolute atomic E-state index is 7.74. The molecular weight excluding hydrogens is 1090 g/mol. The summed E-state index contributed by atoms with van der Waals surface area (Å²) in [6.07, 6.45) is 14.7. The zero-order chi connectivity index (χ0) is 55.3. The Kier molecular flexibility index (Phi) is 36.8. The molecule has 0 aromatic rings. The summed E-state index contributed by atoms with van der Waals surface area (Å²) < 4.78 is 90.0. The molecule has 0 aliphatic rings. The van der Waals surface area contributed by atoms with Crippen molar-refractivity contribution in [1.29, 1.82) is 0 Å². The van der Waals surface area contributed by atoms with Crippen molar-refractivity contribution in [2.45, 2.75) is 223 Å². The van der Waals surface area contributed by atoms with Crippen LogP contribution in [0.4, 0.5) is 0 Å². The first-order valence-corrected chi connectivity index (χ1v) is 53.3. The standard InChI is InChI=1S/C46H114O16Si10/c1-23-56-57-37-31-29-27-25-24-26-28-30-32-38-63(11,12)58-68(21,22)59-64(13,14)39-36-46-72(60-65(15,16)40-33-43-69(47-2,48-3)49-4,61-66(17,18)41-34-44-70(50-5,51-6)52-7)62-67(19,20)42-35-45-71(53-8,54-9)55-10/h23-46H2,1-22H3. The summed E-state index contributed by atoms with van der Waals surface area (Å²) in [5.74, 6) is 0. The van der Waals surface area contributed by atoms with E-state index in [9.17, 15) is 0 Å². The highest BCUT2D eigenvalue weighted by Gasteiger charge is 2.53. The van der Waals surface area contributed by atoms with Crippen LogP contribution in [-0.4, -0.2) is 163 Å². The lowest BCUT2D eigenvalue weighted by Gasteiger charge is -2.46. The molecule has 0 bridgehead atoms. The fourth-order valence-corrected chi connectivity index (χ4v) is 48.4. The fourth-order valence-electron chi connectivity index (χ4n) is 9.77. The van der Waals surface area contributed by atoms with E-state index in [2.05, 4.69) is 78.6 Å². The second kappa shape index (κ2) is 36.0. The van der Waals surface area contributed by atoms with Crippen molar-refractivity contribution < 1.29 is 70.2 Å². The molecule has 26 heteroatoms. The molecule has 0 heterocycles. The van der Waals surface area contributed by atoms with Crippen LogP contribution in [0, 0.1) is 0 Å². The number of hydrogen-bond acceptors (Lipinski definition) is 16. The molecule has 0 amide bonds. The summed E-state index contributed by atoms with van der Waals surface area (Å²) >= 11 is 0. The normalized spacial score (nSPS) is 14.2. The fraction of sp³-hybridized carbons (Fsp3) is 1.00. The van der Waals surface area contributed by atoms with Crippen molar-refractivity contribution >= 4 is 85.4 Å². The van der Waals surface area contributed by atoms with Crippen LogP contribution >= 0.6 is 0 Å². The van der Waals surface area contributed by atoms with Crippen LogP contribution in [0.3, 0.4) is 0 Å². The maximum atomic E-state index is 7.74. The van der Waals surface area contributed by atoms with Crippen LogP contribution in [0.1, 0.15) is 90.4 Å². The molecule has 0 saturated heterocycles. The summed E-state index contributed by atoms with van der Waals surface area (Å²) in [4.78, 5) is 10.1. The minimum absolute atomic E-state index is 0.607. The minimum atomic E-state index is -3.42. The third-order valence-corrected chi connectivity index (χ3v) is 49.4. The van der Waals surface area contributed by atoms with Gasteiger partial charge in [0.05, 0.1) is 13.2 Å². The Labute approximate surface area is 453 Å². The number of rotatable bonds is 49. The molecule has 0 aliphatic heterocycles. The number of hydrogen-bond donors (Lipinski definition) is 0. The molecule has 0 atom stereocenters. The van der Waals surface area contributed by atoms with Crippen LogP contribution in [0.2, 0.25) is 133 Å². The van der Waals surface area contributed by atoms with Crippen molar-refractivity contribution in [3.63, 3.8) is 0 Å². The second-order valence-corrected chi connectivity index (χ2v) is 61.0. The molecule has 72 heavy (non-hydrogen) atoms. The first-order chi connectivity index (χ1) is 33.5. The van der Waals surface area contributed by atoms with E-state index in [-0.39, 0.29) is 0 Å². The highest BCUT2D eigenvalue weighted by Crippen LogP contribution is 2.38. The molecule has 0 saturated carbocycles. The molecule has 0 aromatic carbocycles. The first kappa shape index (κ1) is 73.5.